The van der Waals surface area contributed by atoms with Gasteiger partial charge in [0.25, 0.3) is 11.8 Å². The molecule has 0 saturated carbocycles. The molecule has 0 aliphatic carbocycles. The van der Waals surface area contributed by atoms with Crippen molar-refractivity contribution in [3.63, 3.8) is 0 Å². The summed E-state index contributed by atoms with van der Waals surface area (Å²) in [5.74, 6) is -2.44. The first kappa shape index (κ1) is 24.7. The standard InChI is InChI=1S/C21H22N4O8S2/c1-11(7-14(26)27)33-23-15(13-3-2-5-32-13)18(28)22-16-19(29)25-17(21(30)31)12(9-35-20(16)25)8-24-4-6-34-10-24/h2-6,11,16,20H,7-10H2,1H3,(H,22,28)(H,26,27)(H,30,31)/t11?,16-,20-/m1/s1. The molecular weight excluding hydrogens is 500 g/mol. The highest BCUT2D eigenvalue weighted by Gasteiger charge is 2.54. The largest absolute Gasteiger partial charge is 0.481 e. The molecule has 4 heterocycles. The molecule has 12 nitrogen and oxygen atoms in total. The molecule has 1 aromatic rings. The van der Waals surface area contributed by atoms with E-state index >= 15 is 0 Å². The molecule has 1 fully saturated rings. The van der Waals surface area contributed by atoms with E-state index in [9.17, 15) is 24.3 Å². The summed E-state index contributed by atoms with van der Waals surface area (Å²) in [6, 6.07) is 2.03. The lowest BCUT2D eigenvalue weighted by atomic mass is 10.0. The number of fused-ring (bicyclic) bond motifs is 1. The zero-order valence-corrected chi connectivity index (χ0v) is 20.1. The van der Waals surface area contributed by atoms with Gasteiger partial charge in [0.2, 0.25) is 5.71 Å². The third-order valence-electron chi connectivity index (χ3n) is 5.29. The van der Waals surface area contributed by atoms with Crippen LogP contribution in [0.5, 0.6) is 0 Å². The Kier molecular flexibility index (Phi) is 7.40. The summed E-state index contributed by atoms with van der Waals surface area (Å²) in [4.78, 5) is 57.1. The Labute approximate surface area is 208 Å². The number of amides is 2. The highest BCUT2D eigenvalue weighted by molar-refractivity contribution is 8.02. The molecule has 3 aliphatic rings. The third kappa shape index (κ3) is 5.32. The average molecular weight is 523 g/mol. The van der Waals surface area contributed by atoms with Crippen LogP contribution in [0.3, 0.4) is 0 Å². The van der Waals surface area contributed by atoms with Crippen LogP contribution in [-0.4, -0.2) is 85.2 Å². The summed E-state index contributed by atoms with van der Waals surface area (Å²) in [7, 11) is 0. The molecule has 4 rings (SSSR count). The molecule has 0 aromatic carbocycles. The number of aliphatic carboxylic acids is 2. The SMILES string of the molecule is CC(CC(=O)O)ON=C(C(=O)N[C@@H]1C(=O)N2C(C(=O)O)=C(CN3C=CSC3)CS[C@H]12)c1ccco1. The van der Waals surface area contributed by atoms with Crippen LogP contribution in [0, 0.1) is 0 Å². The quantitative estimate of drug-likeness (QED) is 0.229. The van der Waals surface area contributed by atoms with Gasteiger partial charge in [-0.1, -0.05) is 5.16 Å². The molecule has 0 spiro atoms. The number of furan rings is 1. The number of rotatable bonds is 10. The first-order chi connectivity index (χ1) is 16.8. The molecule has 1 saturated heterocycles. The molecule has 1 aromatic heterocycles. The number of thioether (sulfide) groups is 2. The molecule has 3 aliphatic heterocycles. The van der Waals surface area contributed by atoms with Crippen LogP contribution in [0.15, 0.2) is 50.8 Å². The van der Waals surface area contributed by atoms with Gasteiger partial charge in [0.15, 0.2) is 5.76 Å². The van der Waals surface area contributed by atoms with Gasteiger partial charge >= 0.3 is 11.9 Å². The lowest BCUT2D eigenvalue weighted by Gasteiger charge is -2.49. The van der Waals surface area contributed by atoms with Crippen LogP contribution < -0.4 is 5.32 Å². The molecule has 186 valence electrons. The van der Waals surface area contributed by atoms with E-state index in [0.29, 0.717) is 23.7 Å². The minimum absolute atomic E-state index is 0.0553. The monoisotopic (exact) mass is 522 g/mol. The molecular formula is C21H22N4O8S2. The zero-order chi connectivity index (χ0) is 25.1. The van der Waals surface area contributed by atoms with Crippen molar-refractivity contribution in [1.29, 1.82) is 0 Å². The summed E-state index contributed by atoms with van der Waals surface area (Å²) < 4.78 is 5.24. The Morgan fingerprint density at radius 1 is 1.37 bits per heavy atom. The Bertz CT molecular complexity index is 1120. The maximum atomic E-state index is 13.0. The number of hydrogen-bond acceptors (Lipinski definition) is 10. The van der Waals surface area contributed by atoms with Crippen molar-refractivity contribution in [2.75, 3.05) is 18.2 Å². The van der Waals surface area contributed by atoms with Crippen molar-refractivity contribution < 1.29 is 38.6 Å². The smallest absolute Gasteiger partial charge is 0.352 e. The van der Waals surface area contributed by atoms with Crippen molar-refractivity contribution >= 4 is 53.0 Å². The summed E-state index contributed by atoms with van der Waals surface area (Å²) in [5, 5.41) is 26.4. The van der Waals surface area contributed by atoms with E-state index in [-0.39, 0.29) is 23.6 Å². The Balaban J connectivity index is 1.48. The minimum atomic E-state index is -1.20. The zero-order valence-electron chi connectivity index (χ0n) is 18.4. The first-order valence-electron chi connectivity index (χ1n) is 10.5. The number of carboxylic acid groups (broad SMARTS) is 2. The third-order valence-corrected chi connectivity index (χ3v) is 7.43. The predicted octanol–water partition coefficient (Wildman–Crippen LogP) is 1.08. The summed E-state index contributed by atoms with van der Waals surface area (Å²) >= 11 is 2.96. The number of nitrogens with one attached hydrogen (secondary N) is 1. The topological polar surface area (TPSA) is 162 Å². The molecule has 3 N–H and O–H groups in total. The van der Waals surface area contributed by atoms with Gasteiger partial charge in [0.05, 0.1) is 18.6 Å². The second kappa shape index (κ2) is 10.5. The van der Waals surface area contributed by atoms with Gasteiger partial charge < -0.3 is 29.7 Å². The van der Waals surface area contributed by atoms with E-state index in [1.807, 2.05) is 16.5 Å². The van der Waals surface area contributed by atoms with Crippen LogP contribution in [0.4, 0.5) is 0 Å². The van der Waals surface area contributed by atoms with Crippen LogP contribution in [0.2, 0.25) is 0 Å². The van der Waals surface area contributed by atoms with Crippen molar-refractivity contribution in [1.82, 2.24) is 15.1 Å². The Morgan fingerprint density at radius 2 is 2.17 bits per heavy atom. The van der Waals surface area contributed by atoms with E-state index < -0.39 is 41.3 Å². The van der Waals surface area contributed by atoms with E-state index in [0.717, 1.165) is 0 Å². The van der Waals surface area contributed by atoms with E-state index in [2.05, 4.69) is 10.5 Å². The fourth-order valence-electron chi connectivity index (χ4n) is 3.71. The predicted molar refractivity (Wildman–Crippen MR) is 126 cm³/mol. The number of carboxylic acids is 2. The summed E-state index contributed by atoms with van der Waals surface area (Å²) in [5.41, 5.74) is 0.301. The van der Waals surface area contributed by atoms with Crippen LogP contribution in [-0.2, 0) is 24.0 Å². The lowest BCUT2D eigenvalue weighted by molar-refractivity contribution is -0.150. The van der Waals surface area contributed by atoms with Gasteiger partial charge in [-0.15, -0.1) is 23.5 Å². The maximum absolute atomic E-state index is 13.0. The van der Waals surface area contributed by atoms with Gasteiger partial charge in [-0.25, -0.2) is 4.79 Å². The maximum Gasteiger partial charge on any atom is 0.352 e. The van der Waals surface area contributed by atoms with E-state index in [4.69, 9.17) is 14.4 Å². The number of β-lactam (4-membered cyclic amide) rings is 1. The molecule has 0 radical (unpaired) electrons. The Hall–Kier alpha value is -3.39. The van der Waals surface area contributed by atoms with E-state index in [1.54, 1.807) is 11.8 Å². The molecule has 1 unspecified atom stereocenters. The normalized spacial score (nSPS) is 22.5. The summed E-state index contributed by atoms with van der Waals surface area (Å²) in [6.45, 7) is 1.88. The number of oxime groups is 1. The van der Waals surface area contributed by atoms with Crippen molar-refractivity contribution in [3.8, 4) is 0 Å². The second-order valence-electron chi connectivity index (χ2n) is 7.88. The van der Waals surface area contributed by atoms with Gasteiger partial charge in [-0.3, -0.25) is 19.3 Å². The fraction of sp³-hybridized carbons (Fsp3) is 0.381. The summed E-state index contributed by atoms with van der Waals surface area (Å²) in [6.07, 6.45) is 2.06. The number of carbonyl (C=O) groups is 4. The van der Waals surface area contributed by atoms with E-state index in [1.165, 1.54) is 42.0 Å². The van der Waals surface area contributed by atoms with Crippen LogP contribution >= 0.6 is 23.5 Å². The van der Waals surface area contributed by atoms with Crippen molar-refractivity contribution in [2.45, 2.75) is 30.9 Å². The van der Waals surface area contributed by atoms with Gasteiger partial charge in [-0.05, 0) is 30.0 Å². The molecule has 35 heavy (non-hydrogen) atoms. The van der Waals surface area contributed by atoms with Gasteiger partial charge in [0.1, 0.15) is 23.2 Å². The van der Waals surface area contributed by atoms with Crippen LogP contribution in [0.25, 0.3) is 0 Å². The second-order valence-corrected chi connectivity index (χ2v) is 9.85. The van der Waals surface area contributed by atoms with Gasteiger partial charge in [-0.2, -0.15) is 0 Å². The lowest BCUT2D eigenvalue weighted by Crippen LogP contribution is -2.71. The van der Waals surface area contributed by atoms with Crippen molar-refractivity contribution in [3.05, 3.63) is 47.0 Å². The van der Waals surface area contributed by atoms with Crippen molar-refractivity contribution in [2.24, 2.45) is 5.16 Å². The first-order valence-corrected chi connectivity index (χ1v) is 12.6. The molecule has 3 atom stereocenters. The van der Waals surface area contributed by atoms with Crippen LogP contribution in [0.1, 0.15) is 19.1 Å². The number of hydrogen-bond donors (Lipinski definition) is 3. The highest BCUT2D eigenvalue weighted by Crippen LogP contribution is 2.40. The number of nitrogens with zero attached hydrogens (tertiary/aromatic N) is 3. The van der Waals surface area contributed by atoms with Gasteiger partial charge in [0, 0.05) is 18.5 Å². The molecule has 0 bridgehead atoms. The number of carbonyl (C=O) groups excluding carboxylic acids is 2. The molecule has 14 heteroatoms. The highest BCUT2D eigenvalue weighted by atomic mass is 32.2. The fourth-order valence-corrected chi connectivity index (χ4v) is 5.75. The molecule has 2 amide bonds. The average Bonchev–Trinajstić information content (AvgIpc) is 3.51. The Morgan fingerprint density at radius 3 is 2.80 bits per heavy atom. The minimum Gasteiger partial charge on any atom is -0.481 e.